The summed E-state index contributed by atoms with van der Waals surface area (Å²) in [6.07, 6.45) is -0.118. The zero-order valence-corrected chi connectivity index (χ0v) is 7.04. The Labute approximate surface area is 73.4 Å². The Hall–Kier alpha value is -0.910. The van der Waals surface area contributed by atoms with Gasteiger partial charge in [0, 0.05) is 0 Å². The molecule has 0 saturated heterocycles. The van der Waals surface area contributed by atoms with E-state index in [1.807, 2.05) is 10.9 Å². The van der Waals surface area contributed by atoms with Crippen molar-refractivity contribution >= 4 is 17.3 Å². The van der Waals surface area contributed by atoms with Crippen LogP contribution in [-0.2, 0) is 4.79 Å². The molecule has 66 valence electrons. The van der Waals surface area contributed by atoms with Crippen LogP contribution in [0.5, 0.6) is 0 Å². The maximum atomic E-state index is 10.3. The molecule has 0 amide bonds. The molecule has 0 aliphatic heterocycles. The number of aliphatic carboxylic acids is 1. The second-order valence-electron chi connectivity index (χ2n) is 2.34. The first-order chi connectivity index (χ1) is 5.74. The fourth-order valence-electron chi connectivity index (χ4n) is 0.886. The molecule has 0 spiro atoms. The third-order valence-corrected chi connectivity index (χ3v) is 2.18. The SMILES string of the molecule is O=C(O)CC(NO)c1ccsc1. The first kappa shape index (κ1) is 9.18. The summed E-state index contributed by atoms with van der Waals surface area (Å²) < 4.78 is 0. The molecule has 1 heterocycles. The van der Waals surface area contributed by atoms with Crippen molar-refractivity contribution in [1.29, 1.82) is 0 Å². The third kappa shape index (κ3) is 2.30. The number of thiophene rings is 1. The molecule has 12 heavy (non-hydrogen) atoms. The van der Waals surface area contributed by atoms with Gasteiger partial charge in [-0.2, -0.15) is 16.8 Å². The van der Waals surface area contributed by atoms with E-state index < -0.39 is 12.0 Å². The van der Waals surface area contributed by atoms with Gasteiger partial charge in [-0.15, -0.1) is 0 Å². The minimum atomic E-state index is -0.937. The molecule has 0 aliphatic rings. The highest BCUT2D eigenvalue weighted by Crippen LogP contribution is 2.18. The first-order valence-corrected chi connectivity index (χ1v) is 4.32. The summed E-state index contributed by atoms with van der Waals surface area (Å²) in [6.45, 7) is 0. The number of hydrogen-bond acceptors (Lipinski definition) is 4. The van der Waals surface area contributed by atoms with Gasteiger partial charge in [0.15, 0.2) is 0 Å². The summed E-state index contributed by atoms with van der Waals surface area (Å²) in [5.74, 6) is -0.937. The van der Waals surface area contributed by atoms with E-state index in [2.05, 4.69) is 0 Å². The number of hydrogen-bond donors (Lipinski definition) is 3. The van der Waals surface area contributed by atoms with Crippen LogP contribution in [-0.4, -0.2) is 16.3 Å². The molecular weight excluding hydrogens is 178 g/mol. The number of carboxylic acids is 1. The number of rotatable bonds is 4. The molecule has 4 nitrogen and oxygen atoms in total. The van der Waals surface area contributed by atoms with Crippen LogP contribution in [0.3, 0.4) is 0 Å². The predicted molar refractivity (Wildman–Crippen MR) is 44.2 cm³/mol. The van der Waals surface area contributed by atoms with Crippen LogP contribution in [0.4, 0.5) is 0 Å². The third-order valence-electron chi connectivity index (χ3n) is 1.48. The highest BCUT2D eigenvalue weighted by Gasteiger charge is 2.14. The minimum absolute atomic E-state index is 0.118. The average molecular weight is 187 g/mol. The highest BCUT2D eigenvalue weighted by atomic mass is 32.1. The summed E-state index contributed by atoms with van der Waals surface area (Å²) >= 11 is 1.47. The maximum Gasteiger partial charge on any atom is 0.305 e. The molecule has 1 rings (SSSR count). The lowest BCUT2D eigenvalue weighted by molar-refractivity contribution is -0.138. The van der Waals surface area contributed by atoms with Crippen molar-refractivity contribution in [2.75, 3.05) is 0 Å². The van der Waals surface area contributed by atoms with Crippen molar-refractivity contribution in [3.63, 3.8) is 0 Å². The van der Waals surface area contributed by atoms with Gasteiger partial charge in [-0.3, -0.25) is 4.79 Å². The van der Waals surface area contributed by atoms with Crippen LogP contribution >= 0.6 is 11.3 Å². The molecule has 1 unspecified atom stereocenters. The smallest absolute Gasteiger partial charge is 0.305 e. The van der Waals surface area contributed by atoms with E-state index in [9.17, 15) is 4.79 Å². The number of carboxylic acid groups (broad SMARTS) is 1. The fraction of sp³-hybridized carbons (Fsp3) is 0.286. The van der Waals surface area contributed by atoms with Gasteiger partial charge >= 0.3 is 5.97 Å². The first-order valence-electron chi connectivity index (χ1n) is 3.37. The van der Waals surface area contributed by atoms with E-state index in [4.69, 9.17) is 10.3 Å². The molecule has 0 radical (unpaired) electrons. The van der Waals surface area contributed by atoms with Crippen molar-refractivity contribution in [3.05, 3.63) is 22.4 Å². The molecule has 0 saturated carbocycles. The Kier molecular flexibility index (Phi) is 3.21. The van der Waals surface area contributed by atoms with Gasteiger partial charge in [0.1, 0.15) is 0 Å². The molecule has 1 aromatic heterocycles. The van der Waals surface area contributed by atoms with Crippen LogP contribution in [0.25, 0.3) is 0 Å². The largest absolute Gasteiger partial charge is 0.481 e. The van der Waals surface area contributed by atoms with Crippen LogP contribution < -0.4 is 5.48 Å². The Morgan fingerprint density at radius 3 is 2.92 bits per heavy atom. The normalized spacial score (nSPS) is 12.8. The fourth-order valence-corrected chi connectivity index (χ4v) is 1.60. The Balaban J connectivity index is 2.63. The van der Waals surface area contributed by atoms with E-state index in [1.165, 1.54) is 11.3 Å². The summed E-state index contributed by atoms with van der Waals surface area (Å²) in [7, 11) is 0. The van der Waals surface area contributed by atoms with Crippen LogP contribution in [0.15, 0.2) is 16.8 Å². The molecule has 0 aromatic carbocycles. The standard InChI is InChI=1S/C7H9NO3S/c9-7(10)3-6(8-11)5-1-2-12-4-5/h1-2,4,6,8,11H,3H2,(H,9,10). The molecule has 3 N–H and O–H groups in total. The van der Waals surface area contributed by atoms with Crippen LogP contribution in [0.2, 0.25) is 0 Å². The maximum absolute atomic E-state index is 10.3. The number of nitrogens with one attached hydrogen (secondary N) is 1. The van der Waals surface area contributed by atoms with Gasteiger partial charge < -0.3 is 10.3 Å². The second-order valence-corrected chi connectivity index (χ2v) is 3.12. The zero-order chi connectivity index (χ0) is 8.97. The van der Waals surface area contributed by atoms with E-state index >= 15 is 0 Å². The van der Waals surface area contributed by atoms with Gasteiger partial charge in [-0.1, -0.05) is 0 Å². The van der Waals surface area contributed by atoms with Crippen molar-refractivity contribution in [3.8, 4) is 0 Å². The van der Waals surface area contributed by atoms with Crippen molar-refractivity contribution in [2.45, 2.75) is 12.5 Å². The van der Waals surface area contributed by atoms with Gasteiger partial charge in [0.25, 0.3) is 0 Å². The topological polar surface area (TPSA) is 69.6 Å². The lowest BCUT2D eigenvalue weighted by Gasteiger charge is -2.09. The van der Waals surface area contributed by atoms with Gasteiger partial charge in [0.2, 0.25) is 0 Å². The van der Waals surface area contributed by atoms with E-state index in [1.54, 1.807) is 11.4 Å². The number of carbonyl (C=O) groups is 1. The Morgan fingerprint density at radius 1 is 1.75 bits per heavy atom. The average Bonchev–Trinajstić information content (AvgIpc) is 2.51. The van der Waals surface area contributed by atoms with Gasteiger partial charge in [0.05, 0.1) is 12.5 Å². The second kappa shape index (κ2) is 4.20. The number of hydroxylamine groups is 1. The quantitative estimate of drug-likeness (QED) is 0.620. The lowest BCUT2D eigenvalue weighted by atomic mass is 10.1. The predicted octanol–water partition coefficient (Wildman–Crippen LogP) is 1.24. The monoisotopic (exact) mass is 187 g/mol. The summed E-state index contributed by atoms with van der Waals surface area (Å²) in [4.78, 5) is 10.3. The summed E-state index contributed by atoms with van der Waals surface area (Å²) in [5, 5.41) is 20.7. The van der Waals surface area contributed by atoms with Crippen molar-refractivity contribution in [1.82, 2.24) is 5.48 Å². The van der Waals surface area contributed by atoms with E-state index in [0.29, 0.717) is 0 Å². The van der Waals surface area contributed by atoms with Gasteiger partial charge in [-0.25, -0.2) is 0 Å². The Morgan fingerprint density at radius 2 is 2.50 bits per heavy atom. The molecule has 5 heteroatoms. The van der Waals surface area contributed by atoms with E-state index in [0.717, 1.165) is 5.56 Å². The molecule has 0 bridgehead atoms. The molecule has 0 fully saturated rings. The van der Waals surface area contributed by atoms with Crippen molar-refractivity contribution < 1.29 is 15.1 Å². The van der Waals surface area contributed by atoms with Gasteiger partial charge in [-0.05, 0) is 22.4 Å². The van der Waals surface area contributed by atoms with E-state index in [-0.39, 0.29) is 6.42 Å². The molecule has 1 aromatic rings. The minimum Gasteiger partial charge on any atom is -0.481 e. The molecule has 0 aliphatic carbocycles. The lowest BCUT2D eigenvalue weighted by Crippen LogP contribution is -2.19. The zero-order valence-electron chi connectivity index (χ0n) is 6.23. The molecular formula is C7H9NO3S. The summed E-state index contributed by atoms with van der Waals surface area (Å²) in [6, 6.07) is 1.27. The Bertz CT molecular complexity index is 247. The highest BCUT2D eigenvalue weighted by molar-refractivity contribution is 7.07. The van der Waals surface area contributed by atoms with Crippen molar-refractivity contribution in [2.24, 2.45) is 0 Å². The van der Waals surface area contributed by atoms with Crippen LogP contribution in [0, 0.1) is 0 Å². The van der Waals surface area contributed by atoms with Crippen LogP contribution in [0.1, 0.15) is 18.0 Å². The summed E-state index contributed by atoms with van der Waals surface area (Å²) in [5.41, 5.74) is 2.76. The molecule has 1 atom stereocenters.